The molecule has 2 saturated heterocycles. The van der Waals surface area contributed by atoms with Crippen LogP contribution in [0.1, 0.15) is 12.5 Å². The van der Waals surface area contributed by atoms with E-state index < -0.39 is 27.9 Å². The standard InChI is InChI=1S/C26H29FN4O6S/c1-18(32)28-16-21-17-31(26(34)37-21)20-6-9-24(23(27)15-20)29-11-13-30(14-12-29)25(33)10-5-19-3-7-22(8-4-19)38(2,35)36/h3-10,15,21H,11-14,16-17H2,1-2H3,(H,28,32). The molecular formula is C26H29FN4O6S. The molecule has 0 aliphatic carbocycles. The molecule has 2 aliphatic heterocycles. The number of ether oxygens (including phenoxy) is 1. The molecule has 1 unspecified atom stereocenters. The molecule has 0 saturated carbocycles. The second-order valence-corrected chi connectivity index (χ2v) is 11.2. The first-order valence-corrected chi connectivity index (χ1v) is 13.9. The van der Waals surface area contributed by atoms with Crippen LogP contribution in [0.5, 0.6) is 0 Å². The van der Waals surface area contributed by atoms with E-state index in [9.17, 15) is 22.8 Å². The van der Waals surface area contributed by atoms with Crippen molar-refractivity contribution in [3.05, 3.63) is 59.9 Å². The summed E-state index contributed by atoms with van der Waals surface area (Å²) < 4.78 is 43.4. The minimum Gasteiger partial charge on any atom is -0.442 e. The van der Waals surface area contributed by atoms with Gasteiger partial charge in [-0.1, -0.05) is 12.1 Å². The van der Waals surface area contributed by atoms with Gasteiger partial charge in [0.1, 0.15) is 11.9 Å². The summed E-state index contributed by atoms with van der Waals surface area (Å²) in [7, 11) is -3.28. The van der Waals surface area contributed by atoms with E-state index in [0.717, 1.165) is 6.26 Å². The minimum atomic E-state index is -3.28. The first kappa shape index (κ1) is 27.1. The third kappa shape index (κ3) is 6.49. The highest BCUT2D eigenvalue weighted by Gasteiger charge is 2.33. The van der Waals surface area contributed by atoms with Crippen molar-refractivity contribution < 1.29 is 31.9 Å². The van der Waals surface area contributed by atoms with Crippen LogP contribution < -0.4 is 15.1 Å². The number of carbonyl (C=O) groups excluding carboxylic acids is 3. The van der Waals surface area contributed by atoms with Crippen molar-refractivity contribution in [2.75, 3.05) is 55.3 Å². The van der Waals surface area contributed by atoms with E-state index in [4.69, 9.17) is 4.74 Å². The number of nitrogens with one attached hydrogen (secondary N) is 1. The molecule has 1 atom stereocenters. The molecule has 4 rings (SSSR count). The molecule has 0 aromatic heterocycles. The van der Waals surface area contributed by atoms with Gasteiger partial charge in [0.15, 0.2) is 9.84 Å². The number of nitrogens with zero attached hydrogens (tertiary/aromatic N) is 3. The van der Waals surface area contributed by atoms with Crippen LogP contribution in [0.3, 0.4) is 0 Å². The number of carbonyl (C=O) groups is 3. The lowest BCUT2D eigenvalue weighted by Gasteiger charge is -2.36. The summed E-state index contributed by atoms with van der Waals surface area (Å²) in [4.78, 5) is 41.0. The van der Waals surface area contributed by atoms with Crippen molar-refractivity contribution >= 4 is 45.2 Å². The van der Waals surface area contributed by atoms with Crippen molar-refractivity contribution in [3.63, 3.8) is 0 Å². The summed E-state index contributed by atoms with van der Waals surface area (Å²) in [6.07, 6.45) is 3.09. The lowest BCUT2D eigenvalue weighted by molar-refractivity contribution is -0.126. The zero-order chi connectivity index (χ0) is 27.4. The Morgan fingerprint density at radius 2 is 1.79 bits per heavy atom. The van der Waals surface area contributed by atoms with Gasteiger partial charge in [-0.15, -0.1) is 0 Å². The number of sulfone groups is 1. The molecule has 2 fully saturated rings. The van der Waals surface area contributed by atoms with Crippen LogP contribution in [0.2, 0.25) is 0 Å². The highest BCUT2D eigenvalue weighted by atomic mass is 32.2. The minimum absolute atomic E-state index is 0.186. The number of anilines is 2. The fourth-order valence-corrected chi connectivity index (χ4v) is 4.91. The Labute approximate surface area is 220 Å². The molecule has 0 radical (unpaired) electrons. The second kappa shape index (κ2) is 11.2. The topological polar surface area (TPSA) is 116 Å². The maximum atomic E-state index is 15.0. The largest absolute Gasteiger partial charge is 0.442 e. The Hall–Kier alpha value is -3.93. The molecule has 2 aliphatic rings. The zero-order valence-electron chi connectivity index (χ0n) is 21.1. The molecular weight excluding hydrogens is 515 g/mol. The Balaban J connectivity index is 1.32. The van der Waals surface area contributed by atoms with Gasteiger partial charge >= 0.3 is 6.09 Å². The van der Waals surface area contributed by atoms with Crippen LogP contribution in [-0.2, 0) is 24.2 Å². The summed E-state index contributed by atoms with van der Waals surface area (Å²) in [5.41, 5.74) is 1.45. The molecule has 2 aromatic carbocycles. The van der Waals surface area contributed by atoms with Gasteiger partial charge in [-0.25, -0.2) is 17.6 Å². The molecule has 0 spiro atoms. The van der Waals surface area contributed by atoms with Gasteiger partial charge in [0.05, 0.1) is 29.4 Å². The average Bonchev–Trinajstić information content (AvgIpc) is 3.26. The van der Waals surface area contributed by atoms with E-state index >= 15 is 4.39 Å². The Kier molecular flexibility index (Phi) is 8.00. The van der Waals surface area contributed by atoms with Crippen molar-refractivity contribution in [2.24, 2.45) is 0 Å². The van der Waals surface area contributed by atoms with Crippen molar-refractivity contribution in [1.29, 1.82) is 0 Å². The number of halogens is 1. The molecule has 1 N–H and O–H groups in total. The molecule has 0 bridgehead atoms. The number of piperazine rings is 1. The monoisotopic (exact) mass is 544 g/mol. The van der Waals surface area contributed by atoms with Crippen LogP contribution in [0.15, 0.2) is 53.4 Å². The summed E-state index contributed by atoms with van der Waals surface area (Å²) in [6.45, 7) is 3.44. The summed E-state index contributed by atoms with van der Waals surface area (Å²) in [5.74, 6) is -0.902. The normalized spacial score (nSPS) is 18.1. The number of hydrogen-bond donors (Lipinski definition) is 1. The predicted octanol–water partition coefficient (Wildman–Crippen LogP) is 2.05. The van der Waals surface area contributed by atoms with Gasteiger partial charge in [0, 0.05) is 45.4 Å². The van der Waals surface area contributed by atoms with Gasteiger partial charge in [-0.05, 0) is 42.0 Å². The smallest absolute Gasteiger partial charge is 0.414 e. The fraction of sp³-hybridized carbons (Fsp3) is 0.346. The van der Waals surface area contributed by atoms with E-state index in [1.165, 1.54) is 36.1 Å². The SMILES string of the molecule is CC(=O)NCC1CN(c2ccc(N3CCN(C(=O)C=Cc4ccc(S(C)(=O)=O)cc4)CC3)c(F)c2)C(=O)O1. The van der Waals surface area contributed by atoms with Crippen molar-refractivity contribution in [2.45, 2.75) is 17.9 Å². The maximum Gasteiger partial charge on any atom is 0.414 e. The van der Waals surface area contributed by atoms with E-state index in [2.05, 4.69) is 5.32 Å². The number of hydrogen-bond acceptors (Lipinski definition) is 7. The fourth-order valence-electron chi connectivity index (χ4n) is 4.28. The van der Waals surface area contributed by atoms with Crippen molar-refractivity contribution in [1.82, 2.24) is 10.2 Å². The first-order chi connectivity index (χ1) is 18.0. The van der Waals surface area contributed by atoms with Gasteiger partial charge in [-0.2, -0.15) is 0 Å². The van der Waals surface area contributed by atoms with Crippen LogP contribution in [-0.4, -0.2) is 82.9 Å². The number of benzene rings is 2. The number of amides is 3. The Morgan fingerprint density at radius 1 is 1.11 bits per heavy atom. The van der Waals surface area contributed by atoms with E-state index in [1.54, 1.807) is 35.2 Å². The van der Waals surface area contributed by atoms with E-state index in [-0.39, 0.29) is 29.8 Å². The molecule has 202 valence electrons. The molecule has 38 heavy (non-hydrogen) atoms. The zero-order valence-corrected chi connectivity index (χ0v) is 21.9. The van der Waals surface area contributed by atoms with Crippen molar-refractivity contribution in [3.8, 4) is 0 Å². The summed E-state index contributed by atoms with van der Waals surface area (Å²) in [5, 5.41) is 2.60. The van der Waals surface area contributed by atoms with Crippen LogP contribution in [0, 0.1) is 5.82 Å². The lowest BCUT2D eigenvalue weighted by atomic mass is 10.2. The maximum absolute atomic E-state index is 15.0. The molecule has 2 heterocycles. The van der Waals surface area contributed by atoms with Crippen LogP contribution in [0.4, 0.5) is 20.6 Å². The predicted molar refractivity (Wildman–Crippen MR) is 140 cm³/mol. The molecule has 10 nitrogen and oxygen atoms in total. The van der Waals surface area contributed by atoms with Crippen LogP contribution >= 0.6 is 0 Å². The lowest BCUT2D eigenvalue weighted by Crippen LogP contribution is -2.48. The van der Waals surface area contributed by atoms with Gasteiger partial charge in [0.2, 0.25) is 11.8 Å². The highest BCUT2D eigenvalue weighted by molar-refractivity contribution is 7.90. The van der Waals surface area contributed by atoms with Crippen LogP contribution in [0.25, 0.3) is 6.08 Å². The summed E-state index contributed by atoms with van der Waals surface area (Å²) >= 11 is 0. The molecule has 2 aromatic rings. The second-order valence-electron chi connectivity index (χ2n) is 9.18. The van der Waals surface area contributed by atoms with E-state index in [0.29, 0.717) is 43.1 Å². The van der Waals surface area contributed by atoms with Gasteiger partial charge in [0.25, 0.3) is 0 Å². The van der Waals surface area contributed by atoms with E-state index in [1.807, 2.05) is 4.90 Å². The van der Waals surface area contributed by atoms with Gasteiger partial charge in [-0.3, -0.25) is 14.5 Å². The number of rotatable bonds is 7. The molecule has 12 heteroatoms. The third-order valence-electron chi connectivity index (χ3n) is 6.35. The Morgan fingerprint density at radius 3 is 2.39 bits per heavy atom. The third-order valence-corrected chi connectivity index (χ3v) is 7.48. The highest BCUT2D eigenvalue weighted by Crippen LogP contribution is 2.28. The molecule has 3 amide bonds. The summed E-state index contributed by atoms with van der Waals surface area (Å²) in [6, 6.07) is 10.8. The number of cyclic esters (lactones) is 1. The quantitative estimate of drug-likeness (QED) is 0.531. The van der Waals surface area contributed by atoms with Gasteiger partial charge < -0.3 is 19.9 Å². The Bertz CT molecular complexity index is 1350. The average molecular weight is 545 g/mol. The first-order valence-electron chi connectivity index (χ1n) is 12.1.